The van der Waals surface area contributed by atoms with Crippen molar-refractivity contribution in [3.05, 3.63) is 70.7 Å². The summed E-state index contributed by atoms with van der Waals surface area (Å²) in [4.78, 5) is 16.2. The number of alkyl halides is 3. The van der Waals surface area contributed by atoms with Crippen LogP contribution in [0.25, 0.3) is 10.9 Å². The number of carbonyl (C=O) groups is 1. The molecule has 3 rings (SSSR count). The topological polar surface area (TPSA) is 88.2 Å². The fourth-order valence-corrected chi connectivity index (χ4v) is 3.75. The third-order valence-corrected chi connectivity index (χ3v) is 5.29. The van der Waals surface area contributed by atoms with E-state index in [1.54, 1.807) is 13.8 Å². The van der Waals surface area contributed by atoms with Crippen molar-refractivity contribution in [2.24, 2.45) is 0 Å². The van der Waals surface area contributed by atoms with Gasteiger partial charge in [0.05, 0.1) is 23.5 Å². The fraction of sp³-hybridized carbons (Fsp3) is 0.238. The Hall–Kier alpha value is -3.21. The molecule has 0 aliphatic carbocycles. The molecule has 0 aliphatic heterocycles. The molecule has 1 aromatic heterocycles. The van der Waals surface area contributed by atoms with E-state index < -0.39 is 39.7 Å². The van der Waals surface area contributed by atoms with Gasteiger partial charge in [-0.3, -0.25) is 9.52 Å². The molecule has 0 aliphatic rings. The monoisotopic (exact) mass is 469 g/mol. The SMILES string of the molecule is Cc1cc([C@@H](C)NC(=O)c2ccc3nc(C(F)(F)F)ccc3c2)c(F)cc1NS(C)(=O)=O. The van der Waals surface area contributed by atoms with Gasteiger partial charge < -0.3 is 5.32 Å². The van der Waals surface area contributed by atoms with Crippen molar-refractivity contribution in [3.63, 3.8) is 0 Å². The Morgan fingerprint density at radius 1 is 1.09 bits per heavy atom. The summed E-state index contributed by atoms with van der Waals surface area (Å²) >= 11 is 0. The molecule has 0 fully saturated rings. The van der Waals surface area contributed by atoms with E-state index in [9.17, 15) is 30.8 Å². The highest BCUT2D eigenvalue weighted by Gasteiger charge is 2.32. The average molecular weight is 469 g/mol. The van der Waals surface area contributed by atoms with E-state index in [2.05, 4.69) is 15.0 Å². The Bertz CT molecular complexity index is 1310. The zero-order valence-corrected chi connectivity index (χ0v) is 18.0. The number of pyridine rings is 1. The molecule has 32 heavy (non-hydrogen) atoms. The van der Waals surface area contributed by atoms with Gasteiger partial charge in [-0.2, -0.15) is 13.2 Å². The van der Waals surface area contributed by atoms with E-state index in [1.807, 2.05) is 0 Å². The number of carbonyl (C=O) groups excluding carboxylic acids is 1. The number of sulfonamides is 1. The molecule has 2 aromatic carbocycles. The van der Waals surface area contributed by atoms with Crippen LogP contribution >= 0.6 is 0 Å². The molecular formula is C21H19F4N3O3S. The Balaban J connectivity index is 1.82. The van der Waals surface area contributed by atoms with E-state index in [1.165, 1.54) is 30.3 Å². The maximum atomic E-state index is 14.6. The summed E-state index contributed by atoms with van der Waals surface area (Å²) in [5.74, 6) is -1.27. The molecule has 11 heteroatoms. The number of aryl methyl sites for hydroxylation is 1. The summed E-state index contributed by atoms with van der Waals surface area (Å²) in [6.45, 7) is 3.15. The first-order valence-electron chi connectivity index (χ1n) is 9.31. The molecule has 3 aromatic rings. The van der Waals surface area contributed by atoms with Crippen LogP contribution in [0.1, 0.15) is 40.1 Å². The van der Waals surface area contributed by atoms with Crippen molar-refractivity contribution in [1.82, 2.24) is 10.3 Å². The molecule has 2 N–H and O–H groups in total. The van der Waals surface area contributed by atoms with Gasteiger partial charge >= 0.3 is 6.18 Å². The maximum Gasteiger partial charge on any atom is 0.433 e. The number of hydrogen-bond donors (Lipinski definition) is 2. The minimum absolute atomic E-state index is 0.0834. The normalized spacial score (nSPS) is 13.1. The molecule has 1 heterocycles. The second-order valence-corrected chi connectivity index (χ2v) is 9.11. The van der Waals surface area contributed by atoms with Crippen LogP contribution in [0.2, 0.25) is 0 Å². The largest absolute Gasteiger partial charge is 0.433 e. The van der Waals surface area contributed by atoms with Crippen molar-refractivity contribution >= 4 is 32.5 Å². The van der Waals surface area contributed by atoms with E-state index >= 15 is 0 Å². The number of rotatable bonds is 5. The number of benzene rings is 2. The predicted octanol–water partition coefficient (Wildman–Crippen LogP) is 4.56. The summed E-state index contributed by atoms with van der Waals surface area (Å²) < 4.78 is 78.0. The van der Waals surface area contributed by atoms with Crippen LogP contribution in [0.15, 0.2) is 42.5 Å². The first-order chi connectivity index (χ1) is 14.7. The van der Waals surface area contributed by atoms with Gasteiger partial charge in [0.25, 0.3) is 5.91 Å². The summed E-state index contributed by atoms with van der Waals surface area (Å²) in [6, 6.07) is 7.78. The zero-order valence-electron chi connectivity index (χ0n) is 17.2. The quantitative estimate of drug-likeness (QED) is 0.536. The van der Waals surface area contributed by atoms with Crippen LogP contribution in [0.4, 0.5) is 23.2 Å². The lowest BCUT2D eigenvalue weighted by atomic mass is 10.0. The second kappa shape index (κ2) is 8.38. The molecule has 0 saturated carbocycles. The summed E-state index contributed by atoms with van der Waals surface area (Å²) in [5.41, 5.74) is -0.0844. The average Bonchev–Trinajstić information content (AvgIpc) is 2.67. The lowest BCUT2D eigenvalue weighted by Gasteiger charge is -2.18. The van der Waals surface area contributed by atoms with Gasteiger partial charge in [0, 0.05) is 16.5 Å². The maximum absolute atomic E-state index is 14.6. The second-order valence-electron chi connectivity index (χ2n) is 7.36. The van der Waals surface area contributed by atoms with E-state index in [0.717, 1.165) is 18.4 Å². The first kappa shape index (κ1) is 23.5. The molecule has 1 atom stereocenters. The number of aromatic nitrogens is 1. The molecule has 170 valence electrons. The van der Waals surface area contributed by atoms with Crippen molar-refractivity contribution in [2.75, 3.05) is 11.0 Å². The van der Waals surface area contributed by atoms with E-state index in [4.69, 9.17) is 0 Å². The third kappa shape index (κ3) is 5.34. The van der Waals surface area contributed by atoms with Crippen LogP contribution in [0, 0.1) is 12.7 Å². The zero-order chi connectivity index (χ0) is 23.8. The highest BCUT2D eigenvalue weighted by Crippen LogP contribution is 2.29. The number of nitrogens with zero attached hydrogens (tertiary/aromatic N) is 1. The van der Waals surface area contributed by atoms with Crippen molar-refractivity contribution in [3.8, 4) is 0 Å². The Morgan fingerprint density at radius 3 is 2.41 bits per heavy atom. The number of hydrogen-bond acceptors (Lipinski definition) is 4. The Morgan fingerprint density at radius 2 is 1.78 bits per heavy atom. The van der Waals surface area contributed by atoms with Crippen LogP contribution in [0.3, 0.4) is 0 Å². The third-order valence-electron chi connectivity index (χ3n) is 4.69. The molecule has 1 amide bonds. The Labute approximate surface area is 181 Å². The van der Waals surface area contributed by atoms with Crippen LogP contribution in [-0.4, -0.2) is 25.6 Å². The standard InChI is InChI=1S/C21H19F4N3O3S/c1-11-8-15(16(22)10-18(11)28-32(3,30)31)12(2)26-20(29)14-4-6-17-13(9-14)5-7-19(27-17)21(23,24)25/h4-10,12,28H,1-3H3,(H,26,29)/t12-/m1/s1. The van der Waals surface area contributed by atoms with Crippen LogP contribution in [-0.2, 0) is 16.2 Å². The van der Waals surface area contributed by atoms with E-state index in [0.29, 0.717) is 10.9 Å². The highest BCUT2D eigenvalue weighted by molar-refractivity contribution is 7.92. The van der Waals surface area contributed by atoms with Gasteiger partial charge in [-0.1, -0.05) is 6.07 Å². The van der Waals surface area contributed by atoms with Gasteiger partial charge in [0.15, 0.2) is 0 Å². The molecule has 0 saturated heterocycles. The molecule has 0 radical (unpaired) electrons. The number of amides is 1. The van der Waals surface area contributed by atoms with Gasteiger partial charge in [-0.25, -0.2) is 17.8 Å². The highest BCUT2D eigenvalue weighted by atomic mass is 32.2. The van der Waals surface area contributed by atoms with Gasteiger partial charge in [-0.05, 0) is 55.8 Å². The molecule has 0 bridgehead atoms. The van der Waals surface area contributed by atoms with Crippen LogP contribution < -0.4 is 10.0 Å². The Kier molecular flexibility index (Phi) is 6.14. The van der Waals surface area contributed by atoms with Gasteiger partial charge in [0.1, 0.15) is 11.5 Å². The first-order valence-corrected chi connectivity index (χ1v) is 11.2. The van der Waals surface area contributed by atoms with Gasteiger partial charge in [0.2, 0.25) is 10.0 Å². The molecular weight excluding hydrogens is 450 g/mol. The fourth-order valence-electron chi connectivity index (χ4n) is 3.13. The number of fused-ring (bicyclic) bond motifs is 1. The molecule has 0 spiro atoms. The molecule has 6 nitrogen and oxygen atoms in total. The predicted molar refractivity (Wildman–Crippen MR) is 112 cm³/mol. The minimum Gasteiger partial charge on any atom is -0.345 e. The number of anilines is 1. The summed E-state index contributed by atoms with van der Waals surface area (Å²) in [5, 5.41) is 2.97. The minimum atomic E-state index is -4.58. The summed E-state index contributed by atoms with van der Waals surface area (Å²) in [7, 11) is -3.59. The van der Waals surface area contributed by atoms with Crippen molar-refractivity contribution in [2.45, 2.75) is 26.1 Å². The number of nitrogens with one attached hydrogen (secondary N) is 2. The lowest BCUT2D eigenvalue weighted by molar-refractivity contribution is -0.140. The van der Waals surface area contributed by atoms with Crippen LogP contribution in [0.5, 0.6) is 0 Å². The van der Waals surface area contributed by atoms with Crippen molar-refractivity contribution in [1.29, 1.82) is 0 Å². The van der Waals surface area contributed by atoms with E-state index in [-0.39, 0.29) is 22.3 Å². The van der Waals surface area contributed by atoms with Gasteiger partial charge in [-0.15, -0.1) is 0 Å². The van der Waals surface area contributed by atoms with Crippen molar-refractivity contribution < 1.29 is 30.8 Å². The summed E-state index contributed by atoms with van der Waals surface area (Å²) in [6.07, 6.45) is -3.63. The molecule has 0 unspecified atom stereocenters. The number of halogens is 4. The lowest BCUT2D eigenvalue weighted by Crippen LogP contribution is -2.27. The smallest absolute Gasteiger partial charge is 0.345 e.